The zero-order valence-electron chi connectivity index (χ0n) is 16.0. The molecule has 0 radical (unpaired) electrons. The van der Waals surface area contributed by atoms with Crippen LogP contribution in [0.4, 0.5) is 5.69 Å². The third-order valence-corrected chi connectivity index (χ3v) is 4.02. The van der Waals surface area contributed by atoms with Crippen molar-refractivity contribution in [1.82, 2.24) is 5.32 Å². The molecule has 140 valence electrons. The standard InChI is InChI=1S/C21H28N2O3/c1-5-25-19-13-12-17(14-20(19)26-6-2)16(3)22-21(24)15-23(4)18-10-8-7-9-11-18/h7-14,16H,5-6,15H2,1-4H3,(H,22,24). The number of carbonyl (C=O) groups is 1. The predicted octanol–water partition coefficient (Wildman–Crippen LogP) is 3.80. The van der Waals surface area contributed by atoms with Gasteiger partial charge in [-0.2, -0.15) is 0 Å². The van der Waals surface area contributed by atoms with Crippen molar-refractivity contribution in [3.05, 3.63) is 54.1 Å². The maximum atomic E-state index is 12.4. The summed E-state index contributed by atoms with van der Waals surface area (Å²) in [4.78, 5) is 14.3. The Hall–Kier alpha value is -2.69. The van der Waals surface area contributed by atoms with Crippen LogP contribution in [0.25, 0.3) is 0 Å². The van der Waals surface area contributed by atoms with Crippen LogP contribution in [0.15, 0.2) is 48.5 Å². The molecule has 5 nitrogen and oxygen atoms in total. The first-order valence-electron chi connectivity index (χ1n) is 9.00. The van der Waals surface area contributed by atoms with Crippen LogP contribution in [0.3, 0.4) is 0 Å². The number of amides is 1. The Morgan fingerprint density at radius 3 is 2.35 bits per heavy atom. The lowest BCUT2D eigenvalue weighted by molar-refractivity contribution is -0.120. The molecule has 0 bridgehead atoms. The van der Waals surface area contributed by atoms with E-state index in [9.17, 15) is 4.79 Å². The second-order valence-corrected chi connectivity index (χ2v) is 6.05. The molecule has 0 aliphatic heterocycles. The molecule has 0 spiro atoms. The molecule has 0 aliphatic rings. The number of nitrogens with one attached hydrogen (secondary N) is 1. The van der Waals surface area contributed by atoms with Gasteiger partial charge in [0, 0.05) is 12.7 Å². The molecule has 0 saturated heterocycles. The van der Waals surface area contributed by atoms with Crippen molar-refractivity contribution in [1.29, 1.82) is 0 Å². The number of ether oxygens (including phenoxy) is 2. The SMILES string of the molecule is CCOc1ccc(C(C)NC(=O)CN(C)c2ccccc2)cc1OCC. The molecule has 0 saturated carbocycles. The average molecular weight is 356 g/mol. The minimum Gasteiger partial charge on any atom is -0.490 e. The average Bonchev–Trinajstić information content (AvgIpc) is 2.64. The molecule has 1 amide bonds. The fraction of sp³-hybridized carbons (Fsp3) is 0.381. The lowest BCUT2D eigenvalue weighted by Gasteiger charge is -2.21. The van der Waals surface area contributed by atoms with Gasteiger partial charge in [-0.25, -0.2) is 0 Å². The third-order valence-electron chi connectivity index (χ3n) is 4.02. The van der Waals surface area contributed by atoms with E-state index in [0.717, 1.165) is 17.0 Å². The fourth-order valence-electron chi connectivity index (χ4n) is 2.70. The largest absolute Gasteiger partial charge is 0.490 e. The van der Waals surface area contributed by atoms with Crippen LogP contribution in [0.1, 0.15) is 32.4 Å². The molecular weight excluding hydrogens is 328 g/mol. The Morgan fingerprint density at radius 1 is 1.04 bits per heavy atom. The number of nitrogens with zero attached hydrogens (tertiary/aromatic N) is 1. The van der Waals surface area contributed by atoms with E-state index in [1.54, 1.807) is 0 Å². The van der Waals surface area contributed by atoms with Crippen LogP contribution in [-0.2, 0) is 4.79 Å². The highest BCUT2D eigenvalue weighted by molar-refractivity contribution is 5.81. The van der Waals surface area contributed by atoms with Gasteiger partial charge in [-0.15, -0.1) is 0 Å². The van der Waals surface area contributed by atoms with Crippen molar-refractivity contribution in [3.63, 3.8) is 0 Å². The number of rotatable bonds is 9. The lowest BCUT2D eigenvalue weighted by Crippen LogP contribution is -2.36. The molecule has 2 aromatic rings. The highest BCUT2D eigenvalue weighted by Gasteiger charge is 2.14. The summed E-state index contributed by atoms with van der Waals surface area (Å²) in [5, 5.41) is 3.04. The number of para-hydroxylation sites is 1. The summed E-state index contributed by atoms with van der Waals surface area (Å²) in [6, 6.07) is 15.5. The zero-order chi connectivity index (χ0) is 18.9. The number of anilines is 1. The van der Waals surface area contributed by atoms with Crippen molar-refractivity contribution >= 4 is 11.6 Å². The number of carbonyl (C=O) groups excluding carboxylic acids is 1. The van der Waals surface area contributed by atoms with E-state index >= 15 is 0 Å². The van der Waals surface area contributed by atoms with E-state index in [0.29, 0.717) is 25.5 Å². The Labute approximate surface area is 155 Å². The Kier molecular flexibility index (Phi) is 7.33. The number of hydrogen-bond acceptors (Lipinski definition) is 4. The third kappa shape index (κ3) is 5.41. The predicted molar refractivity (Wildman–Crippen MR) is 105 cm³/mol. The van der Waals surface area contributed by atoms with Gasteiger partial charge in [-0.1, -0.05) is 24.3 Å². The first-order chi connectivity index (χ1) is 12.5. The lowest BCUT2D eigenvalue weighted by atomic mass is 10.1. The van der Waals surface area contributed by atoms with E-state index in [4.69, 9.17) is 9.47 Å². The zero-order valence-corrected chi connectivity index (χ0v) is 16.0. The quantitative estimate of drug-likeness (QED) is 0.742. The van der Waals surface area contributed by atoms with Crippen molar-refractivity contribution < 1.29 is 14.3 Å². The maximum Gasteiger partial charge on any atom is 0.239 e. The molecule has 2 aromatic carbocycles. The number of benzene rings is 2. The highest BCUT2D eigenvalue weighted by atomic mass is 16.5. The van der Waals surface area contributed by atoms with Crippen molar-refractivity contribution in [2.75, 3.05) is 31.7 Å². The summed E-state index contributed by atoms with van der Waals surface area (Å²) < 4.78 is 11.2. The smallest absolute Gasteiger partial charge is 0.239 e. The Bertz CT molecular complexity index is 704. The van der Waals surface area contributed by atoms with Crippen molar-refractivity contribution in [3.8, 4) is 11.5 Å². The van der Waals surface area contributed by atoms with Crippen molar-refractivity contribution in [2.45, 2.75) is 26.8 Å². The van der Waals surface area contributed by atoms with Crippen LogP contribution in [0.2, 0.25) is 0 Å². The van der Waals surface area contributed by atoms with Gasteiger partial charge in [-0.3, -0.25) is 4.79 Å². The van der Waals surface area contributed by atoms with Crippen LogP contribution in [-0.4, -0.2) is 32.7 Å². The molecule has 1 N–H and O–H groups in total. The Morgan fingerprint density at radius 2 is 1.69 bits per heavy atom. The molecule has 0 aliphatic carbocycles. The van der Waals surface area contributed by atoms with Gasteiger partial charge in [-0.05, 0) is 50.6 Å². The van der Waals surface area contributed by atoms with Gasteiger partial charge in [0.2, 0.25) is 5.91 Å². The molecule has 2 rings (SSSR count). The first kappa shape index (κ1) is 19.6. The van der Waals surface area contributed by atoms with Gasteiger partial charge in [0.15, 0.2) is 11.5 Å². The first-order valence-corrected chi connectivity index (χ1v) is 9.00. The topological polar surface area (TPSA) is 50.8 Å². The summed E-state index contributed by atoms with van der Waals surface area (Å²) in [6.45, 7) is 7.28. The molecule has 0 aromatic heterocycles. The second kappa shape index (κ2) is 9.70. The van der Waals surface area contributed by atoms with E-state index in [1.807, 2.05) is 81.2 Å². The molecule has 26 heavy (non-hydrogen) atoms. The maximum absolute atomic E-state index is 12.4. The molecule has 0 heterocycles. The van der Waals surface area contributed by atoms with E-state index in [-0.39, 0.29) is 11.9 Å². The normalized spacial score (nSPS) is 11.5. The molecular formula is C21H28N2O3. The number of hydrogen-bond donors (Lipinski definition) is 1. The summed E-state index contributed by atoms with van der Waals surface area (Å²) in [7, 11) is 1.91. The Balaban J connectivity index is 2.00. The van der Waals surface area contributed by atoms with Gasteiger partial charge >= 0.3 is 0 Å². The van der Waals surface area contributed by atoms with Crippen molar-refractivity contribution in [2.24, 2.45) is 0 Å². The van der Waals surface area contributed by atoms with Crippen LogP contribution in [0, 0.1) is 0 Å². The van der Waals surface area contributed by atoms with Crippen LogP contribution < -0.4 is 19.7 Å². The monoisotopic (exact) mass is 356 g/mol. The van der Waals surface area contributed by atoms with E-state index < -0.39 is 0 Å². The highest BCUT2D eigenvalue weighted by Crippen LogP contribution is 2.30. The van der Waals surface area contributed by atoms with Gasteiger partial charge in [0.25, 0.3) is 0 Å². The van der Waals surface area contributed by atoms with E-state index in [1.165, 1.54) is 0 Å². The summed E-state index contributed by atoms with van der Waals surface area (Å²) in [6.07, 6.45) is 0. The second-order valence-electron chi connectivity index (χ2n) is 6.05. The summed E-state index contributed by atoms with van der Waals surface area (Å²) in [5.41, 5.74) is 1.99. The van der Waals surface area contributed by atoms with Gasteiger partial charge in [0.05, 0.1) is 25.8 Å². The summed E-state index contributed by atoms with van der Waals surface area (Å²) in [5.74, 6) is 1.39. The molecule has 0 fully saturated rings. The number of likely N-dealkylation sites (N-methyl/N-ethyl adjacent to an activating group) is 1. The van der Waals surface area contributed by atoms with Crippen LogP contribution in [0.5, 0.6) is 11.5 Å². The minimum absolute atomic E-state index is 0.0318. The van der Waals surface area contributed by atoms with E-state index in [2.05, 4.69) is 5.32 Å². The van der Waals surface area contributed by atoms with Gasteiger partial charge in [0.1, 0.15) is 0 Å². The minimum atomic E-state index is -0.124. The molecule has 5 heteroatoms. The summed E-state index contributed by atoms with van der Waals surface area (Å²) >= 11 is 0. The van der Waals surface area contributed by atoms with Gasteiger partial charge < -0.3 is 19.7 Å². The molecule has 1 unspecified atom stereocenters. The van der Waals surface area contributed by atoms with Crippen LogP contribution >= 0.6 is 0 Å². The fourth-order valence-corrected chi connectivity index (χ4v) is 2.70. The molecule has 1 atom stereocenters.